The van der Waals surface area contributed by atoms with Crippen molar-refractivity contribution in [3.05, 3.63) is 65.0 Å². The summed E-state index contributed by atoms with van der Waals surface area (Å²) in [5, 5.41) is 19.8. The molecule has 3 aromatic rings. The fourth-order valence-corrected chi connectivity index (χ4v) is 3.79. The third kappa shape index (κ3) is 4.80. The summed E-state index contributed by atoms with van der Waals surface area (Å²) in [6.07, 6.45) is -2.98. The third-order valence-electron chi connectivity index (χ3n) is 5.22. The lowest BCUT2D eigenvalue weighted by Gasteiger charge is -2.17. The molecule has 1 aromatic heterocycles. The Morgan fingerprint density at radius 2 is 2.00 bits per heavy atom. The number of halogens is 3. The minimum Gasteiger partial charge on any atom is -0.390 e. The first-order chi connectivity index (χ1) is 15.7. The topological polar surface area (TPSA) is 92.4 Å². The average molecular weight is 457 g/mol. The van der Waals surface area contributed by atoms with Gasteiger partial charge in [0.1, 0.15) is 0 Å². The van der Waals surface area contributed by atoms with E-state index in [9.17, 15) is 23.1 Å². The van der Waals surface area contributed by atoms with Crippen LogP contribution in [0, 0.1) is 5.92 Å². The number of aliphatic imine (C=N–C) groups is 1. The lowest BCUT2D eigenvalue weighted by atomic mass is 9.96. The number of benzene rings is 2. The number of aliphatic hydroxyl groups is 1. The van der Waals surface area contributed by atoms with Crippen molar-refractivity contribution < 1.29 is 23.1 Å². The van der Waals surface area contributed by atoms with Crippen molar-refractivity contribution in [1.82, 2.24) is 15.0 Å². The van der Waals surface area contributed by atoms with Crippen LogP contribution in [0.25, 0.3) is 5.69 Å². The highest BCUT2D eigenvalue weighted by molar-refractivity contribution is 6.17. The number of amides is 1. The Hall–Kier alpha value is -3.53. The van der Waals surface area contributed by atoms with E-state index in [4.69, 9.17) is 0 Å². The van der Waals surface area contributed by atoms with Gasteiger partial charge in [0, 0.05) is 0 Å². The molecule has 1 aliphatic heterocycles. The van der Waals surface area contributed by atoms with E-state index in [2.05, 4.69) is 20.6 Å². The molecule has 4 rings (SSSR count). The van der Waals surface area contributed by atoms with Gasteiger partial charge in [-0.25, -0.2) is 4.68 Å². The largest absolute Gasteiger partial charge is 0.416 e. The van der Waals surface area contributed by atoms with E-state index in [1.807, 2.05) is 13.8 Å². The number of hydrogen-bond donors (Lipinski definition) is 2. The smallest absolute Gasteiger partial charge is 0.390 e. The summed E-state index contributed by atoms with van der Waals surface area (Å²) in [6.45, 7) is 3.44. The quantitative estimate of drug-likeness (QED) is 0.593. The summed E-state index contributed by atoms with van der Waals surface area (Å²) in [5.74, 6) is -0.451. The minimum atomic E-state index is -4.54. The van der Waals surface area contributed by atoms with Gasteiger partial charge in [0.05, 0.1) is 53.3 Å². The predicted molar refractivity (Wildman–Crippen MR) is 117 cm³/mol. The Morgan fingerprint density at radius 3 is 2.70 bits per heavy atom. The zero-order valence-corrected chi connectivity index (χ0v) is 18.0. The second-order valence-corrected chi connectivity index (χ2v) is 8.25. The number of nitrogens with one attached hydrogen (secondary N) is 1. The lowest BCUT2D eigenvalue weighted by molar-refractivity contribution is -0.138. The molecule has 0 fully saturated rings. The number of aromatic nitrogens is 3. The summed E-state index contributed by atoms with van der Waals surface area (Å²) in [5.41, 5.74) is 1.80. The van der Waals surface area contributed by atoms with Gasteiger partial charge in [0.15, 0.2) is 0 Å². The molecule has 1 amide bonds. The van der Waals surface area contributed by atoms with Gasteiger partial charge in [-0.05, 0) is 47.7 Å². The maximum atomic E-state index is 13.7. The van der Waals surface area contributed by atoms with Crippen molar-refractivity contribution in [2.24, 2.45) is 10.9 Å². The maximum absolute atomic E-state index is 13.7. The normalized spacial score (nSPS) is 14.0. The van der Waals surface area contributed by atoms with Gasteiger partial charge in [-0.1, -0.05) is 31.2 Å². The van der Waals surface area contributed by atoms with Crippen LogP contribution in [-0.2, 0) is 24.0 Å². The third-order valence-corrected chi connectivity index (χ3v) is 5.22. The molecule has 0 atom stereocenters. The summed E-state index contributed by atoms with van der Waals surface area (Å²) >= 11 is 0. The van der Waals surface area contributed by atoms with Crippen LogP contribution in [0.3, 0.4) is 0 Å². The second kappa shape index (κ2) is 8.78. The molecule has 33 heavy (non-hydrogen) atoms. The van der Waals surface area contributed by atoms with Crippen LogP contribution in [0.1, 0.15) is 42.7 Å². The standard InChI is InChI=1S/C23H22F3N5O2/c1-13(2)6-15-8-20-21(9-18(15)23(24,25)26)29-22(33)10-19(28-20)14-4-3-5-16(7-14)31-17(12-32)11-27-30-31/h3-5,7-9,11,13,32H,6,10,12H2,1-2H3,(H,29,33). The number of carbonyl (C=O) groups is 1. The monoisotopic (exact) mass is 457 g/mol. The molecule has 7 nitrogen and oxygen atoms in total. The first kappa shape index (κ1) is 22.7. The highest BCUT2D eigenvalue weighted by Gasteiger charge is 2.35. The van der Waals surface area contributed by atoms with E-state index in [0.717, 1.165) is 6.07 Å². The Bertz CT molecular complexity index is 1230. The van der Waals surface area contributed by atoms with Crippen molar-refractivity contribution in [1.29, 1.82) is 0 Å². The van der Waals surface area contributed by atoms with Crippen LogP contribution >= 0.6 is 0 Å². The Balaban J connectivity index is 1.82. The molecule has 0 unspecified atom stereocenters. The SMILES string of the molecule is CC(C)Cc1cc2c(cc1C(F)(F)F)NC(=O)CC(c1cccc(-n3nncc3CO)c1)=N2. The molecule has 2 N–H and O–H groups in total. The molecule has 2 aromatic carbocycles. The summed E-state index contributed by atoms with van der Waals surface area (Å²) in [4.78, 5) is 17.1. The molecule has 0 saturated heterocycles. The number of fused-ring (bicyclic) bond motifs is 1. The lowest BCUT2D eigenvalue weighted by Crippen LogP contribution is -2.16. The Labute approximate surface area is 188 Å². The van der Waals surface area contributed by atoms with E-state index >= 15 is 0 Å². The van der Waals surface area contributed by atoms with Crippen LogP contribution in [0.5, 0.6) is 0 Å². The van der Waals surface area contributed by atoms with Gasteiger partial charge in [-0.3, -0.25) is 9.79 Å². The van der Waals surface area contributed by atoms with Crippen LogP contribution in [-0.4, -0.2) is 31.7 Å². The van der Waals surface area contributed by atoms with E-state index in [1.165, 1.54) is 16.9 Å². The van der Waals surface area contributed by atoms with E-state index in [-0.39, 0.29) is 42.3 Å². The molecular formula is C23H22F3N5O2. The van der Waals surface area contributed by atoms with Crippen LogP contribution in [0.15, 0.2) is 47.6 Å². The van der Waals surface area contributed by atoms with E-state index < -0.39 is 17.6 Å². The molecular weight excluding hydrogens is 435 g/mol. The highest BCUT2D eigenvalue weighted by atomic mass is 19.4. The molecule has 0 saturated carbocycles. The number of alkyl halides is 3. The van der Waals surface area contributed by atoms with Gasteiger partial charge < -0.3 is 10.4 Å². The molecule has 10 heteroatoms. The van der Waals surface area contributed by atoms with Gasteiger partial charge >= 0.3 is 6.18 Å². The number of hydrogen-bond acceptors (Lipinski definition) is 5. The molecule has 1 aliphatic rings. The first-order valence-electron chi connectivity index (χ1n) is 10.4. The summed E-state index contributed by atoms with van der Waals surface area (Å²) < 4.78 is 42.5. The maximum Gasteiger partial charge on any atom is 0.416 e. The van der Waals surface area contributed by atoms with Crippen LogP contribution in [0.2, 0.25) is 0 Å². The molecule has 2 heterocycles. The number of nitrogens with zero attached hydrogens (tertiary/aromatic N) is 4. The number of aliphatic hydroxyl groups excluding tert-OH is 1. The van der Waals surface area contributed by atoms with Crippen LogP contribution < -0.4 is 5.32 Å². The van der Waals surface area contributed by atoms with E-state index in [0.29, 0.717) is 22.7 Å². The van der Waals surface area contributed by atoms with Gasteiger partial charge in [0.2, 0.25) is 5.91 Å². The number of rotatable bonds is 5. The van der Waals surface area contributed by atoms with Crippen molar-refractivity contribution in [2.75, 3.05) is 5.32 Å². The van der Waals surface area contributed by atoms with Gasteiger partial charge in [-0.15, -0.1) is 5.10 Å². The second-order valence-electron chi connectivity index (χ2n) is 8.25. The molecule has 0 radical (unpaired) electrons. The zero-order chi connectivity index (χ0) is 23.8. The fraction of sp³-hybridized carbons (Fsp3) is 0.304. The Kier molecular flexibility index (Phi) is 6.03. The van der Waals surface area contributed by atoms with Crippen molar-refractivity contribution in [3.63, 3.8) is 0 Å². The fourth-order valence-electron chi connectivity index (χ4n) is 3.79. The van der Waals surface area contributed by atoms with E-state index in [1.54, 1.807) is 24.3 Å². The van der Waals surface area contributed by atoms with Crippen molar-refractivity contribution in [2.45, 2.75) is 39.5 Å². The van der Waals surface area contributed by atoms with Crippen molar-refractivity contribution in [3.8, 4) is 5.69 Å². The van der Waals surface area contributed by atoms with Crippen molar-refractivity contribution >= 4 is 23.0 Å². The summed E-state index contributed by atoms with van der Waals surface area (Å²) in [6, 6.07) is 9.39. The average Bonchev–Trinajstić information content (AvgIpc) is 3.16. The molecule has 0 aliphatic carbocycles. The minimum absolute atomic E-state index is 0.00746. The molecule has 0 bridgehead atoms. The Morgan fingerprint density at radius 1 is 1.21 bits per heavy atom. The number of anilines is 1. The highest BCUT2D eigenvalue weighted by Crippen LogP contribution is 2.40. The van der Waals surface area contributed by atoms with Gasteiger partial charge in [0.25, 0.3) is 0 Å². The predicted octanol–water partition coefficient (Wildman–Crippen LogP) is 4.44. The van der Waals surface area contributed by atoms with Crippen LogP contribution in [0.4, 0.5) is 24.5 Å². The first-order valence-corrected chi connectivity index (χ1v) is 10.4. The van der Waals surface area contributed by atoms with Gasteiger partial charge in [-0.2, -0.15) is 13.2 Å². The molecule has 172 valence electrons. The zero-order valence-electron chi connectivity index (χ0n) is 18.0. The molecule has 0 spiro atoms. The summed E-state index contributed by atoms with van der Waals surface area (Å²) in [7, 11) is 0. The number of carbonyl (C=O) groups excluding carboxylic acids is 1.